The molecule has 20 heavy (non-hydrogen) atoms. The highest BCUT2D eigenvalue weighted by atomic mass is 15.2. The first-order valence-corrected chi connectivity index (χ1v) is 7.64. The van der Waals surface area contributed by atoms with E-state index in [1.807, 2.05) is 26.8 Å². The van der Waals surface area contributed by atoms with Gasteiger partial charge in [0.15, 0.2) is 0 Å². The van der Waals surface area contributed by atoms with Gasteiger partial charge in [0.1, 0.15) is 0 Å². The summed E-state index contributed by atoms with van der Waals surface area (Å²) in [5, 5.41) is 0. The molecule has 110 valence electrons. The molecule has 0 bridgehead atoms. The van der Waals surface area contributed by atoms with Crippen LogP contribution < -0.4 is 11.3 Å². The summed E-state index contributed by atoms with van der Waals surface area (Å²) in [6, 6.07) is 0. The predicted molar refractivity (Wildman–Crippen MR) is 88.8 cm³/mol. The molecule has 0 heterocycles. The van der Waals surface area contributed by atoms with E-state index in [1.54, 1.807) is 0 Å². The molecule has 2 aliphatic rings. The van der Waals surface area contributed by atoms with Crippen LogP contribution in [0.15, 0.2) is 58.9 Å². The summed E-state index contributed by atoms with van der Waals surface area (Å²) >= 11 is 0. The fraction of sp³-hybridized carbons (Fsp3) is 0.444. The number of rotatable bonds is 3. The lowest BCUT2D eigenvalue weighted by Gasteiger charge is -2.26. The Kier molecular flexibility index (Phi) is 6.53. The fourth-order valence-electron chi connectivity index (χ4n) is 3.18. The Bertz CT molecular complexity index is 476. The SMILES string of the molecule is C=CC1=C(/C=C\C)C(NN)=C2/C(=C\C)CCCC12.CC. The molecular formula is C18H28N2. The van der Waals surface area contributed by atoms with Gasteiger partial charge >= 0.3 is 0 Å². The summed E-state index contributed by atoms with van der Waals surface area (Å²) < 4.78 is 0. The van der Waals surface area contributed by atoms with Gasteiger partial charge < -0.3 is 5.43 Å². The molecule has 1 saturated carbocycles. The van der Waals surface area contributed by atoms with E-state index in [0.717, 1.165) is 12.1 Å². The second kappa shape index (κ2) is 7.91. The molecule has 2 rings (SSSR count). The minimum absolute atomic E-state index is 0.472. The molecule has 1 atom stereocenters. The lowest BCUT2D eigenvalue weighted by Crippen LogP contribution is -2.24. The second-order valence-corrected chi connectivity index (χ2v) is 4.76. The van der Waals surface area contributed by atoms with Gasteiger partial charge in [0.25, 0.3) is 0 Å². The second-order valence-electron chi connectivity index (χ2n) is 4.76. The van der Waals surface area contributed by atoms with Crippen molar-refractivity contribution in [3.63, 3.8) is 0 Å². The molecule has 3 N–H and O–H groups in total. The molecule has 2 heteroatoms. The molecule has 0 aromatic carbocycles. The number of fused-ring (bicyclic) bond motifs is 1. The Hall–Kier alpha value is -1.54. The van der Waals surface area contributed by atoms with Crippen molar-refractivity contribution in [1.82, 2.24) is 5.43 Å². The van der Waals surface area contributed by atoms with Crippen molar-refractivity contribution in [3.05, 3.63) is 58.9 Å². The largest absolute Gasteiger partial charge is 0.323 e. The van der Waals surface area contributed by atoms with Crippen molar-refractivity contribution in [3.8, 4) is 0 Å². The lowest BCUT2D eigenvalue weighted by atomic mass is 9.79. The van der Waals surface area contributed by atoms with Crippen LogP contribution in [0.25, 0.3) is 0 Å². The summed E-state index contributed by atoms with van der Waals surface area (Å²) in [5.74, 6) is 6.23. The summed E-state index contributed by atoms with van der Waals surface area (Å²) in [7, 11) is 0. The standard InChI is InChI=1S/C16H22N2.C2H6/c1-4-8-14-12(6-3)13-10-7-9-11(5-2)15(13)16(14)18-17;1-2/h4-6,8,13,18H,3,7,9-10,17H2,1-2H3;1-2H3/b8-4-,11-5-;. The van der Waals surface area contributed by atoms with Gasteiger partial charge in [-0.05, 0) is 49.8 Å². The minimum Gasteiger partial charge on any atom is -0.323 e. The van der Waals surface area contributed by atoms with Crippen LogP contribution in [0.4, 0.5) is 0 Å². The van der Waals surface area contributed by atoms with E-state index < -0.39 is 0 Å². The number of allylic oxidation sites excluding steroid dienone is 7. The van der Waals surface area contributed by atoms with Crippen LogP contribution in [0, 0.1) is 5.92 Å². The van der Waals surface area contributed by atoms with Crippen molar-refractivity contribution in [2.75, 3.05) is 0 Å². The number of hydrogen-bond acceptors (Lipinski definition) is 2. The lowest BCUT2D eigenvalue weighted by molar-refractivity contribution is 0.570. The van der Waals surface area contributed by atoms with E-state index in [0.29, 0.717) is 5.92 Å². The summed E-state index contributed by atoms with van der Waals surface area (Å²) in [6.07, 6.45) is 12.0. The smallest absolute Gasteiger partial charge is 0.0601 e. The fourth-order valence-corrected chi connectivity index (χ4v) is 3.18. The maximum atomic E-state index is 5.76. The van der Waals surface area contributed by atoms with Crippen molar-refractivity contribution >= 4 is 0 Å². The first kappa shape index (κ1) is 16.5. The quantitative estimate of drug-likeness (QED) is 0.584. The summed E-state index contributed by atoms with van der Waals surface area (Å²) in [6.45, 7) is 12.1. The van der Waals surface area contributed by atoms with Crippen LogP contribution in [0.1, 0.15) is 47.0 Å². The Morgan fingerprint density at radius 3 is 2.50 bits per heavy atom. The predicted octanol–water partition coefficient (Wildman–Crippen LogP) is 4.55. The van der Waals surface area contributed by atoms with E-state index in [9.17, 15) is 0 Å². The third kappa shape index (κ3) is 2.80. The van der Waals surface area contributed by atoms with Crippen LogP contribution in [0.3, 0.4) is 0 Å². The van der Waals surface area contributed by atoms with Gasteiger partial charge in [-0.2, -0.15) is 0 Å². The zero-order valence-electron chi connectivity index (χ0n) is 13.3. The third-order valence-electron chi connectivity index (χ3n) is 3.90. The molecule has 0 aliphatic heterocycles. The number of nitrogens with two attached hydrogens (primary N) is 1. The van der Waals surface area contributed by atoms with Gasteiger partial charge in [-0.25, -0.2) is 0 Å². The third-order valence-corrected chi connectivity index (χ3v) is 3.90. The van der Waals surface area contributed by atoms with Crippen LogP contribution in [-0.2, 0) is 0 Å². The van der Waals surface area contributed by atoms with Crippen molar-refractivity contribution in [1.29, 1.82) is 0 Å². The van der Waals surface area contributed by atoms with E-state index in [4.69, 9.17) is 5.84 Å². The maximum absolute atomic E-state index is 5.76. The topological polar surface area (TPSA) is 38.0 Å². The van der Waals surface area contributed by atoms with Crippen molar-refractivity contribution in [2.45, 2.75) is 47.0 Å². The summed E-state index contributed by atoms with van der Waals surface area (Å²) in [4.78, 5) is 0. The first-order chi connectivity index (χ1) is 9.78. The number of nitrogens with one attached hydrogen (secondary N) is 1. The number of hydrogen-bond donors (Lipinski definition) is 2. The van der Waals surface area contributed by atoms with Crippen LogP contribution in [-0.4, -0.2) is 0 Å². The monoisotopic (exact) mass is 272 g/mol. The van der Waals surface area contributed by atoms with Gasteiger partial charge in [0.2, 0.25) is 0 Å². The highest BCUT2D eigenvalue weighted by Crippen LogP contribution is 2.47. The minimum atomic E-state index is 0.472. The first-order valence-electron chi connectivity index (χ1n) is 7.64. The molecule has 2 nitrogen and oxygen atoms in total. The zero-order chi connectivity index (χ0) is 15.1. The van der Waals surface area contributed by atoms with Crippen LogP contribution >= 0.6 is 0 Å². The molecule has 0 aromatic rings. The Labute approximate surface area is 123 Å². The average molecular weight is 272 g/mol. The van der Waals surface area contributed by atoms with E-state index >= 15 is 0 Å². The molecule has 0 aromatic heterocycles. The van der Waals surface area contributed by atoms with Gasteiger partial charge in [-0.15, -0.1) is 0 Å². The van der Waals surface area contributed by atoms with Gasteiger partial charge in [0.05, 0.1) is 5.70 Å². The normalized spacial score (nSPS) is 23.9. The van der Waals surface area contributed by atoms with Crippen LogP contribution in [0.5, 0.6) is 0 Å². The molecule has 0 spiro atoms. The average Bonchev–Trinajstić information content (AvgIpc) is 2.82. The maximum Gasteiger partial charge on any atom is 0.0601 e. The van der Waals surface area contributed by atoms with Crippen molar-refractivity contribution in [2.24, 2.45) is 11.8 Å². The molecule has 1 unspecified atom stereocenters. The molecular weight excluding hydrogens is 244 g/mol. The number of hydrazine groups is 1. The Morgan fingerprint density at radius 2 is 2.00 bits per heavy atom. The van der Waals surface area contributed by atoms with E-state index in [-0.39, 0.29) is 0 Å². The van der Waals surface area contributed by atoms with Gasteiger partial charge in [-0.1, -0.05) is 44.7 Å². The highest BCUT2D eigenvalue weighted by molar-refractivity contribution is 5.62. The van der Waals surface area contributed by atoms with Gasteiger partial charge in [0, 0.05) is 11.5 Å². The molecule has 0 amide bonds. The van der Waals surface area contributed by atoms with Gasteiger partial charge in [-0.3, -0.25) is 5.84 Å². The molecule has 2 aliphatic carbocycles. The molecule has 0 saturated heterocycles. The summed E-state index contributed by atoms with van der Waals surface area (Å²) in [5.41, 5.74) is 9.32. The van der Waals surface area contributed by atoms with Crippen LogP contribution in [0.2, 0.25) is 0 Å². The Morgan fingerprint density at radius 1 is 1.30 bits per heavy atom. The molecule has 0 radical (unpaired) electrons. The molecule has 1 fully saturated rings. The highest BCUT2D eigenvalue weighted by Gasteiger charge is 2.34. The Balaban J connectivity index is 0.000000956. The van der Waals surface area contributed by atoms with E-state index in [1.165, 1.54) is 35.1 Å². The zero-order valence-corrected chi connectivity index (χ0v) is 13.3. The van der Waals surface area contributed by atoms with Crippen molar-refractivity contribution < 1.29 is 0 Å². The van der Waals surface area contributed by atoms with E-state index in [2.05, 4.69) is 37.2 Å².